The fourth-order valence-electron chi connectivity index (χ4n) is 2.61. The Balaban J connectivity index is 1.45. The topological polar surface area (TPSA) is 86.1 Å². The number of halogens is 2. The number of rotatable bonds is 6. The van der Waals surface area contributed by atoms with Gasteiger partial charge in [0.15, 0.2) is 5.82 Å². The number of nitrogens with one attached hydrogen (secondary N) is 1. The summed E-state index contributed by atoms with van der Waals surface area (Å²) in [5.74, 6) is -0.756. The van der Waals surface area contributed by atoms with E-state index in [9.17, 15) is 17.2 Å². The molecule has 7 nitrogen and oxygen atoms in total. The lowest BCUT2D eigenvalue weighted by Crippen LogP contribution is -2.14. The van der Waals surface area contributed by atoms with Crippen molar-refractivity contribution in [3.63, 3.8) is 0 Å². The lowest BCUT2D eigenvalue weighted by atomic mass is 10.3. The van der Waals surface area contributed by atoms with Crippen molar-refractivity contribution in [1.82, 2.24) is 14.8 Å². The third kappa shape index (κ3) is 4.28. The molecule has 2 aromatic carbocycles. The molecule has 0 aliphatic heterocycles. The van der Waals surface area contributed by atoms with Gasteiger partial charge in [-0.25, -0.2) is 17.2 Å². The van der Waals surface area contributed by atoms with Crippen molar-refractivity contribution in [3.05, 3.63) is 90.8 Å². The van der Waals surface area contributed by atoms with E-state index in [2.05, 4.69) is 14.9 Å². The molecule has 2 heterocycles. The predicted octanol–water partition coefficient (Wildman–Crippen LogP) is 4.14. The van der Waals surface area contributed by atoms with E-state index in [0.29, 0.717) is 17.6 Å². The highest BCUT2D eigenvalue weighted by Crippen LogP contribution is 2.24. The van der Waals surface area contributed by atoms with E-state index in [1.807, 2.05) is 24.5 Å². The predicted molar refractivity (Wildman–Crippen MR) is 105 cm³/mol. The van der Waals surface area contributed by atoms with Crippen LogP contribution in [0.5, 0.6) is 11.6 Å². The van der Waals surface area contributed by atoms with Crippen LogP contribution in [0.25, 0.3) is 5.82 Å². The zero-order chi connectivity index (χ0) is 21.1. The first-order valence-corrected chi connectivity index (χ1v) is 10.1. The van der Waals surface area contributed by atoms with Crippen molar-refractivity contribution in [2.75, 3.05) is 4.72 Å². The standard InChI is InChI=1S/C20H14F2N4O3S/c21-14-3-8-18(17(22)13-14)30(27,28)25-15-4-6-16(7-5-15)29-20-10-9-19(23-24-20)26-11-1-2-12-26/h1-13,25H. The van der Waals surface area contributed by atoms with Crippen molar-refractivity contribution < 1.29 is 21.9 Å². The third-order valence-corrected chi connectivity index (χ3v) is 5.42. The van der Waals surface area contributed by atoms with Gasteiger partial charge in [-0.3, -0.25) is 4.72 Å². The number of nitrogens with zero attached hydrogens (tertiary/aromatic N) is 3. The van der Waals surface area contributed by atoms with Crippen LogP contribution >= 0.6 is 0 Å². The van der Waals surface area contributed by atoms with E-state index >= 15 is 0 Å². The lowest BCUT2D eigenvalue weighted by molar-refractivity contribution is 0.454. The van der Waals surface area contributed by atoms with Crippen molar-refractivity contribution >= 4 is 15.7 Å². The molecule has 0 bridgehead atoms. The van der Waals surface area contributed by atoms with Gasteiger partial charge in [0.05, 0.1) is 0 Å². The Bertz CT molecular complexity index is 1260. The van der Waals surface area contributed by atoms with Crippen molar-refractivity contribution in [3.8, 4) is 17.4 Å². The van der Waals surface area contributed by atoms with Crippen LogP contribution in [0.2, 0.25) is 0 Å². The Morgan fingerprint density at radius 3 is 2.27 bits per heavy atom. The van der Waals surface area contributed by atoms with Gasteiger partial charge in [0.25, 0.3) is 10.0 Å². The maximum atomic E-state index is 13.8. The van der Waals surface area contributed by atoms with E-state index in [4.69, 9.17) is 4.74 Å². The zero-order valence-electron chi connectivity index (χ0n) is 15.2. The molecule has 4 aromatic rings. The van der Waals surface area contributed by atoms with E-state index in [1.54, 1.807) is 16.7 Å². The quantitative estimate of drug-likeness (QED) is 0.499. The highest BCUT2D eigenvalue weighted by molar-refractivity contribution is 7.92. The van der Waals surface area contributed by atoms with Crippen LogP contribution in [0.3, 0.4) is 0 Å². The molecule has 0 aliphatic carbocycles. The number of benzene rings is 2. The molecule has 0 radical (unpaired) electrons. The Morgan fingerprint density at radius 2 is 1.63 bits per heavy atom. The Kier molecular flexibility index (Phi) is 5.15. The molecule has 0 saturated carbocycles. The van der Waals surface area contributed by atoms with Crippen molar-refractivity contribution in [1.29, 1.82) is 0 Å². The number of ether oxygens (including phenoxy) is 1. The van der Waals surface area contributed by atoms with Crippen molar-refractivity contribution in [2.45, 2.75) is 4.90 Å². The summed E-state index contributed by atoms with van der Waals surface area (Å²) < 4.78 is 61.0. The second-order valence-corrected chi connectivity index (χ2v) is 7.78. The second-order valence-electron chi connectivity index (χ2n) is 6.13. The molecule has 30 heavy (non-hydrogen) atoms. The van der Waals surface area contributed by atoms with Gasteiger partial charge >= 0.3 is 0 Å². The molecule has 0 spiro atoms. The number of sulfonamides is 1. The molecule has 2 aromatic heterocycles. The summed E-state index contributed by atoms with van der Waals surface area (Å²) in [7, 11) is -4.22. The summed E-state index contributed by atoms with van der Waals surface area (Å²) >= 11 is 0. The second kappa shape index (κ2) is 7.91. The smallest absolute Gasteiger partial charge is 0.264 e. The van der Waals surface area contributed by atoms with Gasteiger partial charge in [0.1, 0.15) is 22.3 Å². The molecule has 0 saturated heterocycles. The highest BCUT2D eigenvalue weighted by Gasteiger charge is 2.19. The monoisotopic (exact) mass is 428 g/mol. The maximum Gasteiger partial charge on any atom is 0.264 e. The highest BCUT2D eigenvalue weighted by atomic mass is 32.2. The SMILES string of the molecule is O=S(=O)(Nc1ccc(Oc2ccc(-n3cccc3)nn2)cc1)c1ccc(F)cc1F. The van der Waals surface area contributed by atoms with Crippen LogP contribution in [0, 0.1) is 11.6 Å². The van der Waals surface area contributed by atoms with Crippen LogP contribution in [0.15, 0.2) is 84.0 Å². The molecule has 10 heteroatoms. The molecule has 1 N–H and O–H groups in total. The van der Waals surface area contributed by atoms with Gasteiger partial charge in [0, 0.05) is 30.2 Å². The van der Waals surface area contributed by atoms with Gasteiger partial charge < -0.3 is 9.30 Å². The first kappa shape index (κ1) is 19.5. The lowest BCUT2D eigenvalue weighted by Gasteiger charge is -2.10. The van der Waals surface area contributed by atoms with Gasteiger partial charge in [-0.15, -0.1) is 10.2 Å². The van der Waals surface area contributed by atoms with Gasteiger partial charge in [-0.05, 0) is 54.6 Å². The van der Waals surface area contributed by atoms with Crippen LogP contribution in [-0.4, -0.2) is 23.2 Å². The average Bonchev–Trinajstić information content (AvgIpc) is 3.24. The minimum atomic E-state index is -4.22. The van der Waals surface area contributed by atoms with Crippen LogP contribution < -0.4 is 9.46 Å². The molecule has 0 amide bonds. The van der Waals surface area contributed by atoms with E-state index in [-0.39, 0.29) is 11.6 Å². The van der Waals surface area contributed by atoms with Gasteiger partial charge in [0.2, 0.25) is 5.88 Å². The summed E-state index contributed by atoms with van der Waals surface area (Å²) in [6.07, 6.45) is 3.67. The molecular weight excluding hydrogens is 414 g/mol. The molecule has 0 aliphatic rings. The fourth-order valence-corrected chi connectivity index (χ4v) is 3.73. The van der Waals surface area contributed by atoms with E-state index in [0.717, 1.165) is 12.1 Å². The normalized spacial score (nSPS) is 11.3. The average molecular weight is 428 g/mol. The largest absolute Gasteiger partial charge is 0.438 e. The number of aromatic nitrogens is 3. The number of hydrogen-bond acceptors (Lipinski definition) is 5. The van der Waals surface area contributed by atoms with E-state index in [1.165, 1.54) is 24.3 Å². The maximum absolute atomic E-state index is 13.8. The molecular formula is C20H14F2N4O3S. The molecule has 0 unspecified atom stereocenters. The van der Waals surface area contributed by atoms with Gasteiger partial charge in [-0.1, -0.05) is 0 Å². The molecule has 152 valence electrons. The summed E-state index contributed by atoms with van der Waals surface area (Å²) in [6, 6.07) is 15.3. The fraction of sp³-hybridized carbons (Fsp3) is 0. The first-order chi connectivity index (χ1) is 14.4. The Labute approximate surface area is 170 Å². The van der Waals surface area contributed by atoms with E-state index < -0.39 is 26.6 Å². The van der Waals surface area contributed by atoms with Gasteiger partial charge in [-0.2, -0.15) is 0 Å². The van der Waals surface area contributed by atoms with Crippen LogP contribution in [0.1, 0.15) is 0 Å². The first-order valence-electron chi connectivity index (χ1n) is 8.64. The summed E-state index contributed by atoms with van der Waals surface area (Å²) in [5, 5.41) is 8.06. The summed E-state index contributed by atoms with van der Waals surface area (Å²) in [6.45, 7) is 0. The zero-order valence-corrected chi connectivity index (χ0v) is 16.1. The van der Waals surface area contributed by atoms with Crippen LogP contribution in [0.4, 0.5) is 14.5 Å². The molecule has 0 atom stereocenters. The molecule has 4 rings (SSSR count). The van der Waals surface area contributed by atoms with Crippen molar-refractivity contribution in [2.24, 2.45) is 0 Å². The third-order valence-electron chi connectivity index (χ3n) is 4.01. The molecule has 0 fully saturated rings. The minimum absolute atomic E-state index is 0.181. The summed E-state index contributed by atoms with van der Waals surface area (Å²) in [5.41, 5.74) is 0.181. The summed E-state index contributed by atoms with van der Waals surface area (Å²) in [4.78, 5) is -0.651. The van der Waals surface area contributed by atoms with Crippen LogP contribution in [-0.2, 0) is 10.0 Å². The Hall–Kier alpha value is -3.79. The Morgan fingerprint density at radius 1 is 0.900 bits per heavy atom. The number of anilines is 1. The minimum Gasteiger partial charge on any atom is -0.438 e. The number of hydrogen-bond donors (Lipinski definition) is 1.